The largest absolute Gasteiger partial charge is 0.508 e. The van der Waals surface area contributed by atoms with Gasteiger partial charge >= 0.3 is 6.03 Å². The number of nitrogens with one attached hydrogen (secondary N) is 2. The van der Waals surface area contributed by atoms with Crippen molar-refractivity contribution >= 4 is 22.8 Å². The first kappa shape index (κ1) is 16.8. The van der Waals surface area contributed by atoms with E-state index in [9.17, 15) is 9.90 Å². The molecular formula is C19H22N4O2. The van der Waals surface area contributed by atoms with Crippen LogP contribution in [-0.4, -0.2) is 27.1 Å². The number of urea groups is 1. The highest BCUT2D eigenvalue weighted by atomic mass is 16.3. The third kappa shape index (κ3) is 3.03. The van der Waals surface area contributed by atoms with Gasteiger partial charge in [-0.25, -0.2) is 9.78 Å². The van der Waals surface area contributed by atoms with Crippen molar-refractivity contribution in [3.8, 4) is 5.75 Å². The number of nitrogens with zero attached hydrogens (tertiary/aromatic N) is 2. The second-order valence-electron chi connectivity index (χ2n) is 5.75. The molecule has 25 heavy (non-hydrogen) atoms. The van der Waals surface area contributed by atoms with E-state index in [0.717, 1.165) is 22.3 Å². The van der Waals surface area contributed by atoms with Gasteiger partial charge < -0.3 is 15.4 Å². The SMILES string of the molecule is CC.C[C@H]1NC(=O)N(c2ccc3nc[nH]c3c2)[C@H]1c1ccc(O)cc1. The van der Waals surface area contributed by atoms with Crippen LogP contribution in [-0.2, 0) is 0 Å². The van der Waals surface area contributed by atoms with Crippen LogP contribution in [0.3, 0.4) is 0 Å². The molecule has 1 aliphatic heterocycles. The van der Waals surface area contributed by atoms with Crippen LogP contribution in [0.2, 0.25) is 0 Å². The first-order chi connectivity index (χ1) is 12.1. The van der Waals surface area contributed by atoms with Crippen LogP contribution in [0.15, 0.2) is 48.8 Å². The van der Waals surface area contributed by atoms with E-state index in [4.69, 9.17) is 0 Å². The number of amides is 2. The van der Waals surface area contributed by atoms with Crippen LogP contribution in [0.25, 0.3) is 11.0 Å². The minimum absolute atomic E-state index is 0.0375. The molecule has 3 N–H and O–H groups in total. The summed E-state index contributed by atoms with van der Waals surface area (Å²) in [6.45, 7) is 5.98. The average molecular weight is 338 g/mol. The van der Waals surface area contributed by atoms with Crippen molar-refractivity contribution in [2.24, 2.45) is 0 Å². The fraction of sp³-hybridized carbons (Fsp3) is 0.263. The molecule has 0 aliphatic carbocycles. The minimum Gasteiger partial charge on any atom is -0.508 e. The average Bonchev–Trinajstić information content (AvgIpc) is 3.20. The molecule has 1 saturated heterocycles. The second kappa shape index (κ2) is 6.84. The number of carbonyl (C=O) groups is 1. The Bertz CT molecular complexity index is 873. The van der Waals surface area contributed by atoms with Gasteiger partial charge in [-0.1, -0.05) is 26.0 Å². The molecule has 3 aromatic rings. The zero-order chi connectivity index (χ0) is 18.0. The van der Waals surface area contributed by atoms with Gasteiger partial charge in [0.25, 0.3) is 0 Å². The topological polar surface area (TPSA) is 81.2 Å². The monoisotopic (exact) mass is 338 g/mol. The highest BCUT2D eigenvalue weighted by molar-refractivity contribution is 5.97. The Morgan fingerprint density at radius 1 is 1.12 bits per heavy atom. The number of phenols is 1. The molecule has 2 amide bonds. The van der Waals surface area contributed by atoms with Gasteiger partial charge in [-0.15, -0.1) is 0 Å². The minimum atomic E-state index is -0.136. The number of anilines is 1. The van der Waals surface area contributed by atoms with Gasteiger partial charge in [0.05, 0.1) is 29.4 Å². The lowest BCUT2D eigenvalue weighted by atomic mass is 10.00. The molecule has 1 aromatic heterocycles. The van der Waals surface area contributed by atoms with Crippen LogP contribution < -0.4 is 10.2 Å². The summed E-state index contributed by atoms with van der Waals surface area (Å²) in [5.41, 5.74) is 3.53. The number of aromatic amines is 1. The normalized spacial score (nSPS) is 19.5. The summed E-state index contributed by atoms with van der Waals surface area (Å²) in [6.07, 6.45) is 1.64. The summed E-state index contributed by atoms with van der Waals surface area (Å²) in [6, 6.07) is 12.4. The molecule has 6 nitrogen and oxygen atoms in total. The number of aromatic hydroxyl groups is 1. The number of fused-ring (bicyclic) bond motifs is 1. The standard InChI is InChI=1S/C17H16N4O2.C2H6/c1-10-16(11-2-5-13(22)6-3-11)21(17(23)20-10)12-4-7-14-15(8-12)19-9-18-14;1-2/h2-10,16,22H,1H3,(H,18,19)(H,20,23);1-2H3/t10-,16-;/m1./s1. The lowest BCUT2D eigenvalue weighted by Gasteiger charge is -2.25. The number of hydrogen-bond acceptors (Lipinski definition) is 3. The highest BCUT2D eigenvalue weighted by Crippen LogP contribution is 2.35. The van der Waals surface area contributed by atoms with E-state index in [0.29, 0.717) is 0 Å². The highest BCUT2D eigenvalue weighted by Gasteiger charge is 2.38. The molecule has 0 radical (unpaired) electrons. The number of aromatic nitrogens is 2. The number of imidazole rings is 1. The van der Waals surface area contributed by atoms with Gasteiger partial charge in [-0.3, -0.25) is 4.90 Å². The van der Waals surface area contributed by atoms with E-state index < -0.39 is 0 Å². The molecule has 0 saturated carbocycles. The summed E-state index contributed by atoms with van der Waals surface area (Å²) in [7, 11) is 0. The Labute approximate surface area is 146 Å². The van der Waals surface area contributed by atoms with E-state index in [1.54, 1.807) is 23.4 Å². The summed E-state index contributed by atoms with van der Waals surface area (Å²) in [5, 5.41) is 12.5. The van der Waals surface area contributed by atoms with Crippen molar-refractivity contribution in [2.45, 2.75) is 32.9 Å². The maximum atomic E-state index is 12.4. The Balaban J connectivity index is 0.000000880. The number of carbonyl (C=O) groups excluding carboxylic acids is 1. The van der Waals surface area contributed by atoms with Crippen LogP contribution in [0, 0.1) is 0 Å². The fourth-order valence-electron chi connectivity index (χ4n) is 3.15. The molecule has 4 rings (SSSR count). The van der Waals surface area contributed by atoms with E-state index in [1.165, 1.54) is 0 Å². The lowest BCUT2D eigenvalue weighted by molar-refractivity contribution is 0.251. The number of phenolic OH excluding ortho intramolecular Hbond substituents is 1. The molecule has 0 unspecified atom stereocenters. The van der Waals surface area contributed by atoms with Crippen LogP contribution >= 0.6 is 0 Å². The first-order valence-corrected chi connectivity index (χ1v) is 8.45. The maximum absolute atomic E-state index is 12.4. The zero-order valence-corrected chi connectivity index (χ0v) is 14.5. The molecule has 1 fully saturated rings. The van der Waals surface area contributed by atoms with Gasteiger partial charge in [-0.2, -0.15) is 0 Å². The van der Waals surface area contributed by atoms with Crippen molar-refractivity contribution in [1.82, 2.24) is 15.3 Å². The smallest absolute Gasteiger partial charge is 0.322 e. The van der Waals surface area contributed by atoms with Gasteiger partial charge in [0, 0.05) is 5.69 Å². The van der Waals surface area contributed by atoms with Gasteiger partial charge in [-0.05, 0) is 42.8 Å². The van der Waals surface area contributed by atoms with E-state index in [1.807, 2.05) is 51.1 Å². The Kier molecular flexibility index (Phi) is 4.61. The summed E-state index contributed by atoms with van der Waals surface area (Å²) < 4.78 is 0. The van der Waals surface area contributed by atoms with Crippen molar-refractivity contribution in [3.05, 3.63) is 54.4 Å². The van der Waals surface area contributed by atoms with Gasteiger partial charge in [0.1, 0.15) is 5.75 Å². The fourth-order valence-corrected chi connectivity index (χ4v) is 3.15. The second-order valence-corrected chi connectivity index (χ2v) is 5.75. The number of benzene rings is 2. The molecule has 6 heteroatoms. The summed E-state index contributed by atoms with van der Waals surface area (Å²) >= 11 is 0. The van der Waals surface area contributed by atoms with Crippen LogP contribution in [0.1, 0.15) is 32.4 Å². The van der Waals surface area contributed by atoms with E-state index >= 15 is 0 Å². The first-order valence-electron chi connectivity index (χ1n) is 8.45. The molecule has 0 spiro atoms. The molecule has 0 bridgehead atoms. The Hall–Kier alpha value is -3.02. The summed E-state index contributed by atoms with van der Waals surface area (Å²) in [4.78, 5) is 21.5. The van der Waals surface area contributed by atoms with E-state index in [2.05, 4.69) is 15.3 Å². The molecule has 1 aliphatic rings. The number of hydrogen-bond donors (Lipinski definition) is 3. The van der Waals surface area contributed by atoms with Crippen LogP contribution in [0.4, 0.5) is 10.5 Å². The third-order valence-electron chi connectivity index (χ3n) is 4.24. The van der Waals surface area contributed by atoms with Gasteiger partial charge in [0.15, 0.2) is 0 Å². The van der Waals surface area contributed by atoms with E-state index in [-0.39, 0.29) is 23.9 Å². The van der Waals surface area contributed by atoms with Gasteiger partial charge in [0.2, 0.25) is 0 Å². The zero-order valence-electron chi connectivity index (χ0n) is 14.5. The molecule has 2 atom stereocenters. The third-order valence-corrected chi connectivity index (χ3v) is 4.24. The number of H-pyrrole nitrogens is 1. The maximum Gasteiger partial charge on any atom is 0.322 e. The van der Waals surface area contributed by atoms with Crippen molar-refractivity contribution in [2.75, 3.05) is 4.90 Å². The van der Waals surface area contributed by atoms with Crippen molar-refractivity contribution in [1.29, 1.82) is 0 Å². The Morgan fingerprint density at radius 3 is 2.56 bits per heavy atom. The quantitative estimate of drug-likeness (QED) is 0.661. The van der Waals surface area contributed by atoms with Crippen LogP contribution in [0.5, 0.6) is 5.75 Å². The predicted molar refractivity (Wildman–Crippen MR) is 98.8 cm³/mol. The van der Waals surface area contributed by atoms with Crippen molar-refractivity contribution < 1.29 is 9.90 Å². The molecule has 2 aromatic carbocycles. The summed E-state index contributed by atoms with van der Waals surface area (Å²) in [5.74, 6) is 0.212. The number of rotatable bonds is 2. The van der Waals surface area contributed by atoms with Crippen molar-refractivity contribution in [3.63, 3.8) is 0 Å². The predicted octanol–water partition coefficient (Wildman–Crippen LogP) is 3.95. The molecule has 130 valence electrons. The Morgan fingerprint density at radius 2 is 1.84 bits per heavy atom. The molecule has 2 heterocycles. The molecular weight excluding hydrogens is 316 g/mol. The lowest BCUT2D eigenvalue weighted by Crippen LogP contribution is -2.29.